The third kappa shape index (κ3) is 2.41. The maximum absolute atomic E-state index is 4.64. The minimum atomic E-state index is 0.463. The van der Waals surface area contributed by atoms with Crippen molar-refractivity contribution in [2.75, 3.05) is 13.1 Å². The van der Waals surface area contributed by atoms with Gasteiger partial charge in [0.2, 0.25) is 0 Å². The fraction of sp³-hybridized carbons (Fsp3) is 0.909. The Morgan fingerprint density at radius 1 is 1.07 bits per heavy atom. The van der Waals surface area contributed by atoms with E-state index in [9.17, 15) is 0 Å². The van der Waals surface area contributed by atoms with Gasteiger partial charge in [-0.25, -0.2) is 4.99 Å². The summed E-state index contributed by atoms with van der Waals surface area (Å²) < 4.78 is 0. The van der Waals surface area contributed by atoms with Crippen LogP contribution in [0.25, 0.3) is 0 Å². The molecule has 1 saturated carbocycles. The van der Waals surface area contributed by atoms with Crippen molar-refractivity contribution in [3.8, 4) is 0 Å². The van der Waals surface area contributed by atoms with E-state index in [1.807, 2.05) is 0 Å². The first-order valence-electron chi connectivity index (χ1n) is 5.71. The van der Waals surface area contributed by atoms with Crippen molar-refractivity contribution in [1.29, 1.82) is 0 Å². The Bertz CT molecular complexity index is 221. The highest BCUT2D eigenvalue weighted by atomic mass is 32.1. The Kier molecular flexibility index (Phi) is 3.68. The van der Waals surface area contributed by atoms with Gasteiger partial charge < -0.3 is 4.90 Å². The first kappa shape index (κ1) is 10.3. The van der Waals surface area contributed by atoms with E-state index in [2.05, 4.69) is 27.3 Å². The van der Waals surface area contributed by atoms with Crippen molar-refractivity contribution in [3.63, 3.8) is 0 Å². The van der Waals surface area contributed by atoms with Gasteiger partial charge in [0.15, 0.2) is 0 Å². The molecule has 0 radical (unpaired) electrons. The summed E-state index contributed by atoms with van der Waals surface area (Å²) >= 11 is 4.64. The Hall–Kier alpha value is -0.240. The van der Waals surface area contributed by atoms with E-state index in [1.54, 1.807) is 0 Å². The summed E-state index contributed by atoms with van der Waals surface area (Å²) in [5.41, 5.74) is 0. The number of aliphatic imine (C=N–C) groups is 1. The maximum Gasteiger partial charge on any atom is 0.0627 e. The quantitative estimate of drug-likeness (QED) is 0.514. The van der Waals surface area contributed by atoms with Crippen LogP contribution in [0.4, 0.5) is 0 Å². The molecule has 0 bridgehead atoms. The Labute approximate surface area is 91.4 Å². The van der Waals surface area contributed by atoms with Crippen molar-refractivity contribution >= 4 is 17.4 Å². The monoisotopic (exact) mass is 210 g/mol. The molecule has 78 valence electrons. The summed E-state index contributed by atoms with van der Waals surface area (Å²) in [5.74, 6) is 0. The van der Waals surface area contributed by atoms with Crippen LogP contribution in [0.2, 0.25) is 0 Å². The lowest BCUT2D eigenvalue weighted by Gasteiger charge is -2.34. The highest BCUT2D eigenvalue weighted by molar-refractivity contribution is 7.78. The molecule has 1 heterocycles. The normalized spacial score (nSPS) is 26.3. The van der Waals surface area contributed by atoms with Gasteiger partial charge in [0, 0.05) is 19.1 Å². The van der Waals surface area contributed by atoms with Gasteiger partial charge in [-0.05, 0) is 37.9 Å². The minimum absolute atomic E-state index is 0.463. The fourth-order valence-corrected chi connectivity index (χ4v) is 2.87. The van der Waals surface area contributed by atoms with Crippen LogP contribution >= 0.6 is 12.2 Å². The Morgan fingerprint density at radius 3 is 2.29 bits per heavy atom. The lowest BCUT2D eigenvalue weighted by atomic mass is 10.0. The van der Waals surface area contributed by atoms with Crippen molar-refractivity contribution in [1.82, 2.24) is 4.90 Å². The Balaban J connectivity index is 1.80. The number of hydrogen-bond acceptors (Lipinski definition) is 3. The molecule has 2 nitrogen and oxygen atoms in total. The van der Waals surface area contributed by atoms with Crippen molar-refractivity contribution < 1.29 is 0 Å². The minimum Gasteiger partial charge on any atom is -0.300 e. The Morgan fingerprint density at radius 2 is 1.71 bits per heavy atom. The van der Waals surface area contributed by atoms with Crippen molar-refractivity contribution in [2.24, 2.45) is 4.99 Å². The number of nitrogens with zero attached hydrogens (tertiary/aromatic N) is 2. The van der Waals surface area contributed by atoms with Gasteiger partial charge in [0.05, 0.1) is 11.2 Å². The molecule has 1 aliphatic carbocycles. The van der Waals surface area contributed by atoms with E-state index < -0.39 is 0 Å². The first-order chi connectivity index (χ1) is 6.90. The zero-order chi connectivity index (χ0) is 9.80. The second kappa shape index (κ2) is 5.01. The van der Waals surface area contributed by atoms with Gasteiger partial charge in [0.25, 0.3) is 0 Å². The van der Waals surface area contributed by atoms with E-state index >= 15 is 0 Å². The van der Waals surface area contributed by atoms with E-state index in [-0.39, 0.29) is 0 Å². The van der Waals surface area contributed by atoms with Crippen LogP contribution < -0.4 is 0 Å². The predicted octanol–water partition coefficient (Wildman–Crippen LogP) is 2.50. The zero-order valence-electron chi connectivity index (χ0n) is 8.61. The average molecular weight is 210 g/mol. The summed E-state index contributed by atoms with van der Waals surface area (Å²) in [6.07, 6.45) is 8.06. The molecule has 1 aliphatic heterocycles. The smallest absolute Gasteiger partial charge is 0.0627 e. The maximum atomic E-state index is 4.64. The van der Waals surface area contributed by atoms with Crippen molar-refractivity contribution in [3.05, 3.63) is 0 Å². The first-order valence-corrected chi connectivity index (χ1v) is 6.12. The molecule has 0 aromatic carbocycles. The molecule has 2 fully saturated rings. The summed E-state index contributed by atoms with van der Waals surface area (Å²) in [7, 11) is 0. The van der Waals surface area contributed by atoms with Gasteiger partial charge in [-0.1, -0.05) is 12.8 Å². The number of thiocarbonyl (C=S) groups is 1. The molecule has 0 spiro atoms. The highest BCUT2D eigenvalue weighted by Gasteiger charge is 2.26. The molecule has 0 amide bonds. The second-order valence-electron chi connectivity index (χ2n) is 4.43. The topological polar surface area (TPSA) is 15.6 Å². The van der Waals surface area contributed by atoms with Crippen LogP contribution in [0.15, 0.2) is 4.99 Å². The lowest BCUT2D eigenvalue weighted by molar-refractivity contribution is 0.155. The average Bonchev–Trinajstić information content (AvgIpc) is 2.72. The van der Waals surface area contributed by atoms with Crippen LogP contribution in [0.3, 0.4) is 0 Å². The van der Waals surface area contributed by atoms with Gasteiger partial charge >= 0.3 is 0 Å². The van der Waals surface area contributed by atoms with Gasteiger partial charge in [0.1, 0.15) is 0 Å². The van der Waals surface area contributed by atoms with Gasteiger partial charge in [-0.15, -0.1) is 0 Å². The molecule has 14 heavy (non-hydrogen) atoms. The summed E-state index contributed by atoms with van der Waals surface area (Å²) in [4.78, 5) is 6.84. The molecule has 0 N–H and O–H groups in total. The van der Waals surface area contributed by atoms with E-state index in [0.29, 0.717) is 6.04 Å². The largest absolute Gasteiger partial charge is 0.300 e. The van der Waals surface area contributed by atoms with E-state index in [0.717, 1.165) is 6.04 Å². The molecule has 2 rings (SSSR count). The molecular weight excluding hydrogens is 192 g/mol. The zero-order valence-corrected chi connectivity index (χ0v) is 9.43. The number of hydrogen-bond donors (Lipinski definition) is 0. The molecule has 0 aromatic rings. The van der Waals surface area contributed by atoms with Crippen molar-refractivity contribution in [2.45, 2.75) is 50.6 Å². The number of isothiocyanates is 1. The van der Waals surface area contributed by atoms with Crippen LogP contribution in [0.5, 0.6) is 0 Å². The number of rotatable bonds is 2. The van der Waals surface area contributed by atoms with Crippen LogP contribution in [0.1, 0.15) is 38.5 Å². The molecule has 0 unspecified atom stereocenters. The molecule has 0 atom stereocenters. The third-order valence-electron chi connectivity index (χ3n) is 3.58. The molecular formula is C11H18N2S. The SMILES string of the molecule is S=C=NC1CCN(C2CCCC2)CC1. The summed E-state index contributed by atoms with van der Waals surface area (Å²) in [6.45, 7) is 2.44. The molecule has 1 saturated heterocycles. The predicted molar refractivity (Wildman–Crippen MR) is 61.9 cm³/mol. The molecule has 3 heteroatoms. The second-order valence-corrected chi connectivity index (χ2v) is 4.61. The van der Waals surface area contributed by atoms with Gasteiger partial charge in [-0.2, -0.15) is 0 Å². The molecule has 0 aromatic heterocycles. The summed E-state index contributed by atoms with van der Waals surface area (Å²) in [5, 5.41) is 2.51. The fourth-order valence-electron chi connectivity index (χ4n) is 2.72. The van der Waals surface area contributed by atoms with Crippen LogP contribution in [0, 0.1) is 0 Å². The summed E-state index contributed by atoms with van der Waals surface area (Å²) in [6, 6.07) is 1.34. The standard InChI is InChI=1S/C11H18N2S/c14-9-12-10-5-7-13(8-6-10)11-3-1-2-4-11/h10-11H,1-8H2. The van der Waals surface area contributed by atoms with Gasteiger partial charge in [-0.3, -0.25) is 0 Å². The lowest BCUT2D eigenvalue weighted by Crippen LogP contribution is -2.41. The van der Waals surface area contributed by atoms with E-state index in [4.69, 9.17) is 0 Å². The molecule has 2 aliphatic rings. The van der Waals surface area contributed by atoms with Crippen LogP contribution in [-0.4, -0.2) is 35.2 Å². The number of likely N-dealkylation sites (tertiary alicyclic amines) is 1. The highest BCUT2D eigenvalue weighted by Crippen LogP contribution is 2.26. The van der Waals surface area contributed by atoms with E-state index in [1.165, 1.54) is 51.6 Å². The third-order valence-corrected chi connectivity index (χ3v) is 3.68. The number of piperidine rings is 1. The van der Waals surface area contributed by atoms with Crippen LogP contribution in [-0.2, 0) is 0 Å².